The van der Waals surface area contributed by atoms with Gasteiger partial charge in [0.2, 0.25) is 5.95 Å². The van der Waals surface area contributed by atoms with Crippen LogP contribution in [0, 0.1) is 0 Å². The van der Waals surface area contributed by atoms with E-state index in [0.29, 0.717) is 29.2 Å². The summed E-state index contributed by atoms with van der Waals surface area (Å²) in [4.78, 5) is 8.33. The van der Waals surface area contributed by atoms with E-state index in [1.807, 2.05) is 26.1 Å². The van der Waals surface area contributed by atoms with Crippen LogP contribution in [0.25, 0.3) is 11.1 Å². The summed E-state index contributed by atoms with van der Waals surface area (Å²) in [6.45, 7) is 4.89. The number of halogens is 1. The van der Waals surface area contributed by atoms with Crippen LogP contribution in [0.3, 0.4) is 0 Å². The summed E-state index contributed by atoms with van der Waals surface area (Å²) in [5, 5.41) is 10.7. The third-order valence-corrected chi connectivity index (χ3v) is 3.77. The van der Waals surface area contributed by atoms with Gasteiger partial charge in [-0.2, -0.15) is 13.4 Å². The molecule has 0 bridgehead atoms. The molecule has 0 fully saturated rings. The Morgan fingerprint density at radius 2 is 1.86 bits per heavy atom. The second-order valence-corrected chi connectivity index (χ2v) is 7.99. The molecular weight excluding hydrogens is 418 g/mol. The molecule has 1 aromatic carbocycles. The van der Waals surface area contributed by atoms with Gasteiger partial charge in [-0.15, -0.1) is 5.11 Å². The number of benzene rings is 1. The zero-order valence-electron chi connectivity index (χ0n) is 16.8. The molecule has 5 N–H and O–H groups in total. The van der Waals surface area contributed by atoms with Crippen LogP contribution in [0.4, 0.5) is 17.5 Å². The van der Waals surface area contributed by atoms with Crippen LogP contribution < -0.4 is 11.5 Å². The zero-order chi connectivity index (χ0) is 22.2. The third-order valence-electron chi connectivity index (χ3n) is 3.45. The lowest BCUT2D eigenvalue weighted by atomic mass is 10.0. The zero-order valence-corrected chi connectivity index (χ0v) is 18.4. The maximum atomic E-state index is 9.19. The van der Waals surface area contributed by atoms with E-state index in [9.17, 15) is 8.42 Å². The molecule has 0 atom stereocenters. The van der Waals surface area contributed by atoms with E-state index in [1.165, 1.54) is 0 Å². The first-order valence-electron chi connectivity index (χ1n) is 8.73. The van der Waals surface area contributed by atoms with Crippen molar-refractivity contribution in [2.24, 2.45) is 10.3 Å². The van der Waals surface area contributed by atoms with Crippen molar-refractivity contribution in [1.29, 1.82) is 0 Å². The molecule has 160 valence electrons. The Hall–Kier alpha value is -2.50. The highest BCUT2D eigenvalue weighted by Gasteiger charge is 2.14. The molecule has 0 aliphatic carbocycles. The van der Waals surface area contributed by atoms with Gasteiger partial charge in [0, 0.05) is 19.2 Å². The van der Waals surface area contributed by atoms with Gasteiger partial charge in [0.1, 0.15) is 11.5 Å². The van der Waals surface area contributed by atoms with Crippen LogP contribution in [0.5, 0.6) is 0 Å². The molecule has 0 radical (unpaired) electrons. The number of aromatic nitrogens is 2. The summed E-state index contributed by atoms with van der Waals surface area (Å²) in [6.07, 6.45) is 2.39. The van der Waals surface area contributed by atoms with Crippen molar-refractivity contribution < 1.29 is 13.0 Å². The van der Waals surface area contributed by atoms with Crippen molar-refractivity contribution in [3.8, 4) is 11.1 Å². The van der Waals surface area contributed by atoms with Crippen molar-refractivity contribution >= 4 is 39.2 Å². The van der Waals surface area contributed by atoms with E-state index in [0.717, 1.165) is 29.8 Å². The Balaban J connectivity index is 0.000000749. The summed E-state index contributed by atoms with van der Waals surface area (Å²) in [5.41, 5.74) is 14.7. The monoisotopic (exact) mass is 443 g/mol. The van der Waals surface area contributed by atoms with Crippen LogP contribution in [0.2, 0.25) is 5.02 Å². The maximum Gasteiger partial charge on any atom is 0.261 e. The standard InChI is InChI=1S/C16H22ClN7.CH4O3S/c1-4-8-24(3)23-22-13-9-10(6-7-11(13)17)14-12(5-2)20-16(19)21-15(14)18;1-5(2,3)4/h6-7,9H,4-5,8H2,1-3H3,(H4,18,19,20,21);1H3,(H,2,3,4). The molecule has 2 aromatic rings. The first-order chi connectivity index (χ1) is 13.5. The Morgan fingerprint density at radius 1 is 1.24 bits per heavy atom. The van der Waals surface area contributed by atoms with E-state index >= 15 is 0 Å². The molecule has 0 aliphatic rings. The number of nitrogens with two attached hydrogens (primary N) is 2. The van der Waals surface area contributed by atoms with E-state index in [1.54, 1.807) is 11.1 Å². The predicted molar refractivity (Wildman–Crippen MR) is 116 cm³/mol. The summed E-state index contributed by atoms with van der Waals surface area (Å²) in [7, 11) is -1.80. The van der Waals surface area contributed by atoms with Crippen molar-refractivity contribution in [3.63, 3.8) is 0 Å². The number of hydrogen-bond donors (Lipinski definition) is 3. The molecule has 0 aliphatic heterocycles. The molecule has 2 rings (SSSR count). The molecule has 10 nitrogen and oxygen atoms in total. The Bertz CT molecular complexity index is 960. The fourth-order valence-electron chi connectivity index (χ4n) is 2.35. The minimum Gasteiger partial charge on any atom is -0.383 e. The fourth-order valence-corrected chi connectivity index (χ4v) is 2.51. The molecule has 12 heteroatoms. The van der Waals surface area contributed by atoms with Gasteiger partial charge >= 0.3 is 0 Å². The van der Waals surface area contributed by atoms with Crippen molar-refractivity contribution in [2.75, 3.05) is 31.3 Å². The SMILES string of the molecule is CCCN(C)N=Nc1cc(-c2c(N)nc(N)nc2CC)ccc1Cl.CS(=O)(=O)O. The molecule has 0 spiro atoms. The third kappa shape index (κ3) is 8.59. The molecular formula is C17H26ClN7O3S. The number of hydrogen-bond acceptors (Lipinski definition) is 8. The van der Waals surface area contributed by atoms with Crippen LogP contribution in [0.1, 0.15) is 26.0 Å². The van der Waals surface area contributed by atoms with Gasteiger partial charge in [0.25, 0.3) is 10.1 Å². The number of anilines is 2. The van der Waals surface area contributed by atoms with E-state index in [2.05, 4.69) is 27.2 Å². The summed E-state index contributed by atoms with van der Waals surface area (Å²) in [5.74, 6) is 0.510. The summed E-state index contributed by atoms with van der Waals surface area (Å²) >= 11 is 6.23. The first-order valence-corrected chi connectivity index (χ1v) is 11.0. The fraction of sp³-hybridized carbons (Fsp3) is 0.412. The molecule has 29 heavy (non-hydrogen) atoms. The summed E-state index contributed by atoms with van der Waals surface area (Å²) in [6, 6.07) is 5.46. The first kappa shape index (κ1) is 24.5. The minimum absolute atomic E-state index is 0.170. The lowest BCUT2D eigenvalue weighted by Gasteiger charge is -2.12. The van der Waals surface area contributed by atoms with E-state index in [4.69, 9.17) is 27.6 Å². The van der Waals surface area contributed by atoms with Crippen LogP contribution >= 0.6 is 11.6 Å². The molecule has 0 saturated carbocycles. The second-order valence-electron chi connectivity index (χ2n) is 6.11. The van der Waals surface area contributed by atoms with Crippen LogP contribution in [0.15, 0.2) is 28.5 Å². The lowest BCUT2D eigenvalue weighted by molar-refractivity contribution is 0.332. The quantitative estimate of drug-likeness (QED) is 0.347. The van der Waals surface area contributed by atoms with Gasteiger partial charge in [0.05, 0.1) is 17.0 Å². The van der Waals surface area contributed by atoms with Crippen LogP contribution in [-0.4, -0.2) is 47.8 Å². The van der Waals surface area contributed by atoms with Crippen molar-refractivity contribution in [3.05, 3.63) is 28.9 Å². The van der Waals surface area contributed by atoms with Crippen molar-refractivity contribution in [2.45, 2.75) is 26.7 Å². The largest absolute Gasteiger partial charge is 0.383 e. The van der Waals surface area contributed by atoms with Gasteiger partial charge in [-0.25, -0.2) is 4.98 Å². The Labute approximate surface area is 175 Å². The number of nitrogens with zero attached hydrogens (tertiary/aromatic N) is 5. The van der Waals surface area contributed by atoms with E-state index < -0.39 is 10.1 Å². The maximum absolute atomic E-state index is 9.19. The number of nitrogen functional groups attached to an aromatic ring is 2. The van der Waals surface area contributed by atoms with Gasteiger partial charge in [-0.05, 0) is 30.5 Å². The average molecular weight is 444 g/mol. The predicted octanol–water partition coefficient (Wildman–Crippen LogP) is 3.37. The van der Waals surface area contributed by atoms with Crippen LogP contribution in [-0.2, 0) is 16.5 Å². The second kappa shape index (κ2) is 10.9. The van der Waals surface area contributed by atoms with Gasteiger partial charge in [-0.1, -0.05) is 36.7 Å². The summed E-state index contributed by atoms with van der Waals surface area (Å²) < 4.78 is 25.9. The Morgan fingerprint density at radius 3 is 2.41 bits per heavy atom. The number of aryl methyl sites for hydroxylation is 1. The smallest absolute Gasteiger partial charge is 0.261 e. The number of rotatable bonds is 6. The van der Waals surface area contributed by atoms with Gasteiger partial charge in [-0.3, -0.25) is 9.56 Å². The molecule has 1 aromatic heterocycles. The normalized spacial score (nSPS) is 11.2. The van der Waals surface area contributed by atoms with Crippen molar-refractivity contribution in [1.82, 2.24) is 15.0 Å². The molecule has 1 heterocycles. The minimum atomic E-state index is -3.67. The average Bonchev–Trinajstić information content (AvgIpc) is 2.59. The Kier molecular flexibility index (Phi) is 9.21. The van der Waals surface area contributed by atoms with E-state index in [-0.39, 0.29) is 5.95 Å². The molecule has 0 amide bonds. The molecule has 0 saturated heterocycles. The lowest BCUT2D eigenvalue weighted by Crippen LogP contribution is -2.10. The highest BCUT2D eigenvalue weighted by molar-refractivity contribution is 7.85. The van der Waals surface area contributed by atoms with Gasteiger partial charge in [0.15, 0.2) is 0 Å². The topological polar surface area (TPSA) is 160 Å². The molecule has 0 unspecified atom stereocenters. The highest BCUT2D eigenvalue weighted by Crippen LogP contribution is 2.35. The van der Waals surface area contributed by atoms with Gasteiger partial charge < -0.3 is 11.5 Å². The highest BCUT2D eigenvalue weighted by atomic mass is 35.5.